The molecule has 1 heterocycles. The average Bonchev–Trinajstić information content (AvgIpc) is 2.84. The van der Waals surface area contributed by atoms with Crippen molar-refractivity contribution in [3.8, 4) is 0 Å². The first-order chi connectivity index (χ1) is 16.4. The van der Waals surface area contributed by atoms with Gasteiger partial charge in [-0.15, -0.1) is 11.8 Å². The van der Waals surface area contributed by atoms with Crippen LogP contribution in [0.25, 0.3) is 10.9 Å². The molecule has 1 aromatic heterocycles. The van der Waals surface area contributed by atoms with E-state index in [2.05, 4.69) is 22.4 Å². The van der Waals surface area contributed by atoms with E-state index < -0.39 is 5.97 Å². The van der Waals surface area contributed by atoms with Crippen LogP contribution in [-0.4, -0.2) is 46.6 Å². The van der Waals surface area contributed by atoms with Crippen LogP contribution in [0.4, 0.5) is 0 Å². The maximum atomic E-state index is 13.1. The lowest BCUT2D eigenvalue weighted by Crippen LogP contribution is -2.28. The summed E-state index contributed by atoms with van der Waals surface area (Å²) in [7, 11) is 1.31. The van der Waals surface area contributed by atoms with Crippen molar-refractivity contribution in [1.29, 1.82) is 0 Å². The molecular formula is C25H29N3O4S2. The van der Waals surface area contributed by atoms with Gasteiger partial charge >= 0.3 is 5.97 Å². The Hall–Kier alpha value is -2.78. The van der Waals surface area contributed by atoms with Crippen molar-refractivity contribution in [2.45, 2.75) is 36.9 Å². The summed E-state index contributed by atoms with van der Waals surface area (Å²) in [4.78, 5) is 43.2. The third kappa shape index (κ3) is 7.11. The summed E-state index contributed by atoms with van der Waals surface area (Å²) in [5.41, 5.74) is 0.551. The Labute approximate surface area is 207 Å². The highest BCUT2D eigenvalue weighted by atomic mass is 32.2. The fraction of sp³-hybridized carbons (Fsp3) is 0.360. The van der Waals surface area contributed by atoms with Gasteiger partial charge in [-0.05, 0) is 48.4 Å². The van der Waals surface area contributed by atoms with Gasteiger partial charge in [0.25, 0.3) is 5.56 Å². The largest absolute Gasteiger partial charge is 0.465 e. The Morgan fingerprint density at radius 3 is 2.59 bits per heavy atom. The minimum Gasteiger partial charge on any atom is -0.465 e. The third-order valence-corrected chi connectivity index (χ3v) is 6.95. The number of carbonyl (C=O) groups excluding carboxylic acids is 2. The highest BCUT2D eigenvalue weighted by molar-refractivity contribution is 7.99. The fourth-order valence-electron chi connectivity index (χ4n) is 3.27. The van der Waals surface area contributed by atoms with Crippen molar-refractivity contribution in [2.75, 3.05) is 25.2 Å². The number of nitrogens with one attached hydrogen (secondary N) is 1. The molecule has 0 spiro atoms. The molecular weight excluding hydrogens is 470 g/mol. The van der Waals surface area contributed by atoms with E-state index in [-0.39, 0.29) is 23.1 Å². The first-order valence-corrected chi connectivity index (χ1v) is 13.1. The van der Waals surface area contributed by atoms with Crippen LogP contribution in [0.15, 0.2) is 63.4 Å². The van der Waals surface area contributed by atoms with Crippen LogP contribution in [0.3, 0.4) is 0 Å². The molecule has 0 fully saturated rings. The lowest BCUT2D eigenvalue weighted by atomic mass is 10.1. The summed E-state index contributed by atoms with van der Waals surface area (Å²) in [6, 6.07) is 14.9. The number of methoxy groups -OCH3 is 1. The Kier molecular flexibility index (Phi) is 9.59. The zero-order chi connectivity index (χ0) is 24.5. The van der Waals surface area contributed by atoms with E-state index in [0.717, 1.165) is 12.2 Å². The van der Waals surface area contributed by atoms with E-state index in [1.54, 1.807) is 34.5 Å². The summed E-state index contributed by atoms with van der Waals surface area (Å²) in [6.07, 6.45) is 0.860. The van der Waals surface area contributed by atoms with E-state index in [1.807, 2.05) is 32.0 Å². The van der Waals surface area contributed by atoms with E-state index in [9.17, 15) is 14.4 Å². The van der Waals surface area contributed by atoms with Gasteiger partial charge in [-0.25, -0.2) is 9.78 Å². The number of nitrogens with zero attached hydrogens (tertiary/aromatic N) is 2. The molecule has 3 aromatic rings. The molecule has 0 unspecified atom stereocenters. The second-order valence-electron chi connectivity index (χ2n) is 8.08. The molecule has 0 saturated heterocycles. The van der Waals surface area contributed by atoms with Crippen molar-refractivity contribution >= 4 is 46.3 Å². The number of ether oxygens (including phenoxy) is 1. The Balaban J connectivity index is 1.64. The number of fused-ring (bicyclic) bond motifs is 1. The molecule has 0 saturated carbocycles. The minimum absolute atomic E-state index is 0.108. The highest BCUT2D eigenvalue weighted by Gasteiger charge is 2.16. The van der Waals surface area contributed by atoms with Gasteiger partial charge in [0.15, 0.2) is 5.16 Å². The van der Waals surface area contributed by atoms with Gasteiger partial charge in [0.1, 0.15) is 0 Å². The number of esters is 1. The average molecular weight is 500 g/mol. The predicted molar refractivity (Wildman–Crippen MR) is 138 cm³/mol. The van der Waals surface area contributed by atoms with Crippen molar-refractivity contribution in [3.05, 3.63) is 64.4 Å². The number of hydrogen-bond acceptors (Lipinski definition) is 7. The molecule has 1 N–H and O–H groups in total. The third-order valence-electron chi connectivity index (χ3n) is 4.88. The first-order valence-electron chi connectivity index (χ1n) is 11.1. The molecule has 0 atom stereocenters. The predicted octanol–water partition coefficient (Wildman–Crippen LogP) is 4.23. The van der Waals surface area contributed by atoms with Gasteiger partial charge in [-0.1, -0.05) is 43.8 Å². The van der Waals surface area contributed by atoms with Gasteiger partial charge in [-0.3, -0.25) is 14.2 Å². The van der Waals surface area contributed by atoms with E-state index >= 15 is 0 Å². The van der Waals surface area contributed by atoms with E-state index in [0.29, 0.717) is 34.7 Å². The molecule has 0 aliphatic carbocycles. The van der Waals surface area contributed by atoms with Crippen LogP contribution < -0.4 is 10.9 Å². The molecule has 0 radical (unpaired) electrons. The summed E-state index contributed by atoms with van der Waals surface area (Å²) in [5, 5.41) is 3.82. The quantitative estimate of drug-likeness (QED) is 0.183. The Bertz CT molecular complexity index is 1200. The lowest BCUT2D eigenvalue weighted by Gasteiger charge is -2.15. The normalized spacial score (nSPS) is 11.1. The monoisotopic (exact) mass is 499 g/mol. The number of thioether (sulfide) groups is 2. The Morgan fingerprint density at radius 1 is 1.12 bits per heavy atom. The second-order valence-corrected chi connectivity index (χ2v) is 10.2. The summed E-state index contributed by atoms with van der Waals surface area (Å²) < 4.78 is 6.38. The van der Waals surface area contributed by atoms with Crippen LogP contribution in [0, 0.1) is 5.92 Å². The molecule has 9 heteroatoms. The molecule has 180 valence electrons. The van der Waals surface area contributed by atoms with E-state index in [4.69, 9.17) is 4.74 Å². The van der Waals surface area contributed by atoms with Crippen molar-refractivity contribution in [1.82, 2.24) is 14.9 Å². The summed E-state index contributed by atoms with van der Waals surface area (Å²) >= 11 is 2.99. The number of aromatic nitrogens is 2. The maximum absolute atomic E-state index is 13.1. The number of hydrogen-bond donors (Lipinski definition) is 1. The molecule has 0 aliphatic heterocycles. The van der Waals surface area contributed by atoms with Crippen LogP contribution >= 0.6 is 23.5 Å². The van der Waals surface area contributed by atoms with Gasteiger partial charge in [0.2, 0.25) is 5.91 Å². The molecule has 2 aromatic carbocycles. The second kappa shape index (κ2) is 12.6. The number of benzene rings is 2. The van der Waals surface area contributed by atoms with Gasteiger partial charge in [0.05, 0.1) is 29.3 Å². The van der Waals surface area contributed by atoms with Crippen LogP contribution in [0.1, 0.15) is 30.6 Å². The van der Waals surface area contributed by atoms with Gasteiger partial charge in [-0.2, -0.15) is 0 Å². The van der Waals surface area contributed by atoms with Crippen molar-refractivity contribution in [2.24, 2.45) is 5.92 Å². The van der Waals surface area contributed by atoms with Gasteiger partial charge < -0.3 is 10.1 Å². The molecule has 0 bridgehead atoms. The number of carbonyl (C=O) groups is 2. The summed E-state index contributed by atoms with van der Waals surface area (Å²) in [5.74, 6) is 0.692. The standard InChI is InChI=1S/C25H29N3O4S2/c1-17(2)15-28-23(30)20-11-10-18(24(31)32-3)14-21(20)27-25(28)34-16-22(29)26-12-7-13-33-19-8-5-4-6-9-19/h4-6,8-11,14,17H,7,12-13,15-16H2,1-3H3,(H,26,29). The SMILES string of the molecule is COC(=O)c1ccc2c(=O)n(CC(C)C)c(SCC(=O)NCCCSc3ccccc3)nc2c1. The smallest absolute Gasteiger partial charge is 0.337 e. The molecule has 3 rings (SSSR count). The topological polar surface area (TPSA) is 90.3 Å². The first kappa shape index (κ1) is 25.8. The van der Waals surface area contributed by atoms with Crippen LogP contribution in [0.2, 0.25) is 0 Å². The summed E-state index contributed by atoms with van der Waals surface area (Å²) in [6.45, 7) is 5.12. The van der Waals surface area contributed by atoms with Crippen LogP contribution in [0.5, 0.6) is 0 Å². The number of amides is 1. The van der Waals surface area contributed by atoms with Gasteiger partial charge in [0, 0.05) is 18.0 Å². The number of rotatable bonds is 11. The van der Waals surface area contributed by atoms with Crippen molar-refractivity contribution in [3.63, 3.8) is 0 Å². The highest BCUT2D eigenvalue weighted by Crippen LogP contribution is 2.20. The molecule has 0 aliphatic rings. The zero-order valence-corrected chi connectivity index (χ0v) is 21.2. The molecule has 1 amide bonds. The zero-order valence-electron chi connectivity index (χ0n) is 19.6. The van der Waals surface area contributed by atoms with Crippen LogP contribution in [-0.2, 0) is 16.1 Å². The molecule has 7 nitrogen and oxygen atoms in total. The molecule has 34 heavy (non-hydrogen) atoms. The Morgan fingerprint density at radius 2 is 1.88 bits per heavy atom. The van der Waals surface area contributed by atoms with Crippen molar-refractivity contribution < 1.29 is 14.3 Å². The minimum atomic E-state index is -0.492. The maximum Gasteiger partial charge on any atom is 0.337 e. The van der Waals surface area contributed by atoms with E-state index in [1.165, 1.54) is 23.8 Å². The lowest BCUT2D eigenvalue weighted by molar-refractivity contribution is -0.118. The fourth-order valence-corrected chi connectivity index (χ4v) is 4.98.